The Morgan fingerprint density at radius 2 is 1.70 bits per heavy atom. The molecule has 0 spiro atoms. The molecule has 3 rings (SSSR count). The van der Waals surface area contributed by atoms with Gasteiger partial charge in [-0.05, 0) is 86.6 Å². The third kappa shape index (κ3) is 3.76. The summed E-state index contributed by atoms with van der Waals surface area (Å²) in [5.41, 5.74) is 8.00. The maximum absolute atomic E-state index is 5.74. The molecule has 3 N–H and O–H groups in total. The molecule has 0 amide bonds. The van der Waals surface area contributed by atoms with E-state index in [9.17, 15) is 0 Å². The molecule has 2 nitrogen and oxygen atoms in total. The number of benzene rings is 1. The molecule has 0 radical (unpaired) electrons. The molecule has 0 saturated heterocycles. The highest BCUT2D eigenvalue weighted by Crippen LogP contribution is 2.48. The number of nitrogen functional groups attached to an aromatic ring is 1. The highest BCUT2D eigenvalue weighted by molar-refractivity contribution is 5.40. The Morgan fingerprint density at radius 1 is 1.10 bits per heavy atom. The average Bonchev–Trinajstić information content (AvgIpc) is 3.32. The van der Waals surface area contributed by atoms with Crippen molar-refractivity contribution in [1.82, 2.24) is 5.32 Å². The third-order valence-electron chi connectivity index (χ3n) is 5.09. The van der Waals surface area contributed by atoms with Gasteiger partial charge in [-0.2, -0.15) is 0 Å². The minimum absolute atomic E-state index is 0.614. The second-order valence-electron chi connectivity index (χ2n) is 6.90. The molecule has 0 bridgehead atoms. The molecule has 1 aromatic rings. The molecule has 20 heavy (non-hydrogen) atoms. The molecule has 2 aliphatic carbocycles. The molecule has 1 atom stereocenters. The second-order valence-corrected chi connectivity index (χ2v) is 6.90. The zero-order valence-electron chi connectivity index (χ0n) is 12.6. The summed E-state index contributed by atoms with van der Waals surface area (Å²) in [7, 11) is 0. The van der Waals surface area contributed by atoms with Crippen molar-refractivity contribution in [3.8, 4) is 0 Å². The lowest BCUT2D eigenvalue weighted by atomic mass is 9.96. The Labute approximate surface area is 123 Å². The van der Waals surface area contributed by atoms with Crippen molar-refractivity contribution < 1.29 is 0 Å². The van der Waals surface area contributed by atoms with Gasteiger partial charge in [-0.15, -0.1) is 0 Å². The van der Waals surface area contributed by atoms with Gasteiger partial charge in [-0.1, -0.05) is 19.1 Å². The Morgan fingerprint density at radius 3 is 2.25 bits per heavy atom. The van der Waals surface area contributed by atoms with Crippen LogP contribution in [0.25, 0.3) is 0 Å². The Hall–Kier alpha value is -1.02. The van der Waals surface area contributed by atoms with Gasteiger partial charge in [0.1, 0.15) is 0 Å². The fourth-order valence-corrected chi connectivity index (χ4v) is 3.35. The summed E-state index contributed by atoms with van der Waals surface area (Å²) < 4.78 is 0. The van der Waals surface area contributed by atoms with Gasteiger partial charge in [0.15, 0.2) is 0 Å². The monoisotopic (exact) mass is 272 g/mol. The van der Waals surface area contributed by atoms with E-state index in [2.05, 4.69) is 24.4 Å². The number of rotatable bonds is 8. The molecule has 0 aromatic heterocycles. The van der Waals surface area contributed by atoms with Gasteiger partial charge >= 0.3 is 0 Å². The molecule has 0 heterocycles. The summed E-state index contributed by atoms with van der Waals surface area (Å²) >= 11 is 0. The van der Waals surface area contributed by atoms with Crippen molar-refractivity contribution in [1.29, 1.82) is 0 Å². The number of nitrogens with one attached hydrogen (secondary N) is 1. The van der Waals surface area contributed by atoms with Gasteiger partial charge < -0.3 is 11.1 Å². The largest absolute Gasteiger partial charge is 0.399 e. The maximum atomic E-state index is 5.74. The molecule has 2 aliphatic rings. The molecule has 2 saturated carbocycles. The molecule has 1 aromatic carbocycles. The minimum Gasteiger partial charge on any atom is -0.399 e. The third-order valence-corrected chi connectivity index (χ3v) is 5.09. The Kier molecular flexibility index (Phi) is 4.30. The predicted molar refractivity (Wildman–Crippen MR) is 85.7 cm³/mol. The van der Waals surface area contributed by atoms with Crippen molar-refractivity contribution in [3.63, 3.8) is 0 Å². The van der Waals surface area contributed by atoms with Gasteiger partial charge in [-0.25, -0.2) is 0 Å². The number of nitrogens with two attached hydrogens (primary N) is 1. The van der Waals surface area contributed by atoms with Gasteiger partial charge in [0.05, 0.1) is 0 Å². The first-order valence-corrected chi connectivity index (χ1v) is 8.30. The van der Waals surface area contributed by atoms with E-state index in [1.807, 2.05) is 12.1 Å². The second kappa shape index (κ2) is 6.17. The van der Waals surface area contributed by atoms with Crippen LogP contribution in [0.2, 0.25) is 0 Å². The molecular formula is C18H28N2. The highest BCUT2D eigenvalue weighted by atomic mass is 14.9. The summed E-state index contributed by atoms with van der Waals surface area (Å²) in [6.07, 6.45) is 7.18. The van der Waals surface area contributed by atoms with Crippen molar-refractivity contribution in [2.24, 2.45) is 17.8 Å². The molecular weight excluding hydrogens is 244 g/mol. The van der Waals surface area contributed by atoms with E-state index in [0.29, 0.717) is 5.92 Å². The van der Waals surface area contributed by atoms with Crippen LogP contribution in [0, 0.1) is 17.8 Å². The Balaban J connectivity index is 1.37. The SMILES string of the molecule is CC(CCNCC(C1CC1)C1CC1)c1ccc(N)cc1. The lowest BCUT2D eigenvalue weighted by molar-refractivity contribution is 0.376. The number of hydrogen-bond donors (Lipinski definition) is 2. The fraction of sp³-hybridized carbons (Fsp3) is 0.667. The van der Waals surface area contributed by atoms with Crippen LogP contribution in [0.1, 0.15) is 50.5 Å². The molecule has 0 aliphatic heterocycles. The van der Waals surface area contributed by atoms with E-state index >= 15 is 0 Å². The molecule has 2 fully saturated rings. The quantitative estimate of drug-likeness (QED) is 0.558. The first-order chi connectivity index (χ1) is 9.74. The van der Waals surface area contributed by atoms with Crippen LogP contribution in [0.4, 0.5) is 5.69 Å². The van der Waals surface area contributed by atoms with Crippen molar-refractivity contribution in [2.75, 3.05) is 18.8 Å². The van der Waals surface area contributed by atoms with Gasteiger partial charge in [0.25, 0.3) is 0 Å². The van der Waals surface area contributed by atoms with E-state index in [0.717, 1.165) is 30.0 Å². The summed E-state index contributed by atoms with van der Waals surface area (Å²) in [5, 5.41) is 3.72. The van der Waals surface area contributed by atoms with E-state index in [-0.39, 0.29) is 0 Å². The van der Waals surface area contributed by atoms with Crippen LogP contribution in [0.3, 0.4) is 0 Å². The van der Waals surface area contributed by atoms with Crippen molar-refractivity contribution in [2.45, 2.75) is 44.9 Å². The zero-order valence-corrected chi connectivity index (χ0v) is 12.6. The topological polar surface area (TPSA) is 38.0 Å². The minimum atomic E-state index is 0.614. The van der Waals surface area contributed by atoms with Crippen LogP contribution in [0.15, 0.2) is 24.3 Å². The van der Waals surface area contributed by atoms with Crippen LogP contribution in [-0.4, -0.2) is 13.1 Å². The highest BCUT2D eigenvalue weighted by Gasteiger charge is 2.40. The number of hydrogen-bond acceptors (Lipinski definition) is 2. The van der Waals surface area contributed by atoms with Gasteiger partial charge in [0, 0.05) is 5.69 Å². The normalized spacial score (nSPS) is 20.3. The fourth-order valence-electron chi connectivity index (χ4n) is 3.35. The van der Waals surface area contributed by atoms with Crippen LogP contribution >= 0.6 is 0 Å². The summed E-state index contributed by atoms with van der Waals surface area (Å²) in [5.74, 6) is 3.72. The van der Waals surface area contributed by atoms with Crippen molar-refractivity contribution >= 4 is 5.69 Å². The number of anilines is 1. The first kappa shape index (κ1) is 13.9. The van der Waals surface area contributed by atoms with Crippen LogP contribution in [-0.2, 0) is 0 Å². The van der Waals surface area contributed by atoms with E-state index in [4.69, 9.17) is 5.73 Å². The van der Waals surface area contributed by atoms with Crippen LogP contribution < -0.4 is 11.1 Å². The summed E-state index contributed by atoms with van der Waals surface area (Å²) in [6.45, 7) is 4.71. The van der Waals surface area contributed by atoms with Crippen molar-refractivity contribution in [3.05, 3.63) is 29.8 Å². The van der Waals surface area contributed by atoms with Gasteiger partial charge in [0.2, 0.25) is 0 Å². The summed E-state index contributed by atoms with van der Waals surface area (Å²) in [4.78, 5) is 0. The Bertz CT molecular complexity index is 406. The van der Waals surface area contributed by atoms with E-state index in [1.165, 1.54) is 44.2 Å². The van der Waals surface area contributed by atoms with Crippen LogP contribution in [0.5, 0.6) is 0 Å². The zero-order chi connectivity index (χ0) is 13.9. The molecule has 110 valence electrons. The standard InChI is InChI=1S/C18H28N2/c1-13(14-6-8-17(19)9-7-14)10-11-20-12-18(15-2-3-15)16-4-5-16/h6-9,13,15-16,18,20H,2-5,10-12,19H2,1H3. The molecule has 2 heteroatoms. The lowest BCUT2D eigenvalue weighted by Gasteiger charge is -2.18. The first-order valence-electron chi connectivity index (χ1n) is 8.30. The van der Waals surface area contributed by atoms with E-state index in [1.54, 1.807) is 0 Å². The molecule has 1 unspecified atom stereocenters. The lowest BCUT2D eigenvalue weighted by Crippen LogP contribution is -2.27. The maximum Gasteiger partial charge on any atom is 0.0314 e. The van der Waals surface area contributed by atoms with E-state index < -0.39 is 0 Å². The smallest absolute Gasteiger partial charge is 0.0314 e. The average molecular weight is 272 g/mol. The van der Waals surface area contributed by atoms with Gasteiger partial charge in [-0.3, -0.25) is 0 Å². The summed E-state index contributed by atoms with van der Waals surface area (Å²) in [6, 6.07) is 8.35. The predicted octanol–water partition coefficient (Wildman–Crippen LogP) is 3.79.